The van der Waals surface area contributed by atoms with Gasteiger partial charge in [-0.2, -0.15) is 0 Å². The zero-order valence-electron chi connectivity index (χ0n) is 20.0. The highest BCUT2D eigenvalue weighted by Crippen LogP contribution is 2.28. The molecule has 0 spiro atoms. The lowest BCUT2D eigenvalue weighted by molar-refractivity contribution is -0.153. The molecule has 0 aromatic heterocycles. The Bertz CT molecular complexity index is 573. The second-order valence-corrected chi connectivity index (χ2v) is 9.17. The van der Waals surface area contributed by atoms with Gasteiger partial charge in [-0.3, -0.25) is 0 Å². The van der Waals surface area contributed by atoms with Crippen LogP contribution in [0.2, 0.25) is 0 Å². The summed E-state index contributed by atoms with van der Waals surface area (Å²) in [5, 5.41) is 0. The summed E-state index contributed by atoms with van der Waals surface area (Å²) in [6.45, 7) is 6.69. The summed E-state index contributed by atoms with van der Waals surface area (Å²) in [6.07, 6.45) is 18.9. The molecule has 0 aliphatic rings. The van der Waals surface area contributed by atoms with Gasteiger partial charge in [0.25, 0.3) is 0 Å². The molecule has 2 unspecified atom stereocenters. The Morgan fingerprint density at radius 1 is 0.903 bits per heavy atom. The predicted octanol–water partition coefficient (Wildman–Crippen LogP) is 8.33. The quantitative estimate of drug-likeness (QED) is 0.0700. The van der Waals surface area contributed by atoms with Crippen LogP contribution in [0.5, 0.6) is 0 Å². The Balaban J connectivity index is 2.68. The zero-order chi connectivity index (χ0) is 22.6. The van der Waals surface area contributed by atoms with Gasteiger partial charge in [-0.1, -0.05) is 107 Å². The maximum Gasteiger partial charge on any atom is 0.346 e. The highest BCUT2D eigenvalue weighted by molar-refractivity contribution is 8.00. The average Bonchev–Trinajstić information content (AvgIpc) is 2.78. The minimum absolute atomic E-state index is 0.0409. The molecule has 2 atom stereocenters. The molecule has 3 nitrogen and oxygen atoms in total. The summed E-state index contributed by atoms with van der Waals surface area (Å²) in [4.78, 5) is 13.6. The molecule has 1 rings (SSSR count). The van der Waals surface area contributed by atoms with Crippen LogP contribution in [-0.2, 0) is 14.3 Å². The second kappa shape index (κ2) is 19.4. The fourth-order valence-electron chi connectivity index (χ4n) is 3.41. The SMILES string of the molecule is CCCCCCC=CCC(CCCCCCC)OC(Sc1ccccc1)C(=O)OCC. The minimum Gasteiger partial charge on any atom is -0.463 e. The zero-order valence-corrected chi connectivity index (χ0v) is 20.8. The smallest absolute Gasteiger partial charge is 0.346 e. The minimum atomic E-state index is -0.624. The largest absolute Gasteiger partial charge is 0.463 e. The molecule has 1 aromatic carbocycles. The molecule has 0 saturated heterocycles. The third kappa shape index (κ3) is 14.4. The predicted molar refractivity (Wildman–Crippen MR) is 133 cm³/mol. The molecule has 0 heterocycles. The topological polar surface area (TPSA) is 35.5 Å². The van der Waals surface area contributed by atoms with Crippen LogP contribution in [0, 0.1) is 0 Å². The molecule has 0 bridgehead atoms. The molecule has 0 amide bonds. The van der Waals surface area contributed by atoms with Crippen molar-refractivity contribution in [1.82, 2.24) is 0 Å². The van der Waals surface area contributed by atoms with Crippen LogP contribution in [0.3, 0.4) is 0 Å². The van der Waals surface area contributed by atoms with Gasteiger partial charge in [-0.05, 0) is 44.7 Å². The first-order valence-corrected chi connectivity index (χ1v) is 13.3. The maximum absolute atomic E-state index is 12.6. The van der Waals surface area contributed by atoms with E-state index in [2.05, 4.69) is 26.0 Å². The highest BCUT2D eigenvalue weighted by atomic mass is 32.2. The van der Waals surface area contributed by atoms with E-state index in [0.29, 0.717) is 6.61 Å². The monoisotopic (exact) mass is 448 g/mol. The van der Waals surface area contributed by atoms with Gasteiger partial charge in [-0.25, -0.2) is 4.79 Å². The average molecular weight is 449 g/mol. The first kappa shape index (κ1) is 27.8. The van der Waals surface area contributed by atoms with Gasteiger partial charge < -0.3 is 9.47 Å². The summed E-state index contributed by atoms with van der Waals surface area (Å²) >= 11 is 1.44. The van der Waals surface area contributed by atoms with Crippen molar-refractivity contribution in [3.05, 3.63) is 42.5 Å². The van der Waals surface area contributed by atoms with Crippen LogP contribution < -0.4 is 0 Å². The molecule has 1 aromatic rings. The first-order valence-electron chi connectivity index (χ1n) is 12.4. The van der Waals surface area contributed by atoms with E-state index >= 15 is 0 Å². The van der Waals surface area contributed by atoms with Gasteiger partial charge in [0.1, 0.15) is 0 Å². The molecule has 31 heavy (non-hydrogen) atoms. The van der Waals surface area contributed by atoms with Crippen LogP contribution in [0.25, 0.3) is 0 Å². The number of benzene rings is 1. The van der Waals surface area contributed by atoms with Gasteiger partial charge in [-0.15, -0.1) is 0 Å². The number of carbonyl (C=O) groups excluding carboxylic acids is 1. The molecule has 0 aliphatic heterocycles. The Kier molecular flexibility index (Phi) is 17.4. The van der Waals surface area contributed by atoms with E-state index in [1.165, 1.54) is 63.1 Å². The van der Waals surface area contributed by atoms with E-state index in [1.807, 2.05) is 37.3 Å². The normalized spacial score (nSPS) is 13.4. The van der Waals surface area contributed by atoms with Crippen molar-refractivity contribution in [2.75, 3.05) is 6.61 Å². The molecule has 0 aliphatic carbocycles. The van der Waals surface area contributed by atoms with Gasteiger partial charge in [0.05, 0.1) is 12.7 Å². The summed E-state index contributed by atoms with van der Waals surface area (Å²) in [5.74, 6) is -0.282. The van der Waals surface area contributed by atoms with Crippen molar-refractivity contribution in [1.29, 1.82) is 0 Å². The van der Waals surface area contributed by atoms with E-state index in [-0.39, 0.29) is 12.1 Å². The van der Waals surface area contributed by atoms with Crippen molar-refractivity contribution in [3.8, 4) is 0 Å². The third-order valence-corrected chi connectivity index (χ3v) is 6.26. The fraction of sp³-hybridized carbons (Fsp3) is 0.667. The Morgan fingerprint density at radius 3 is 2.26 bits per heavy atom. The van der Waals surface area contributed by atoms with Crippen LogP contribution >= 0.6 is 11.8 Å². The van der Waals surface area contributed by atoms with E-state index in [4.69, 9.17) is 9.47 Å². The van der Waals surface area contributed by atoms with Gasteiger partial charge in [0.15, 0.2) is 0 Å². The highest BCUT2D eigenvalue weighted by Gasteiger charge is 2.25. The van der Waals surface area contributed by atoms with Gasteiger partial charge in [0.2, 0.25) is 5.44 Å². The maximum atomic E-state index is 12.6. The number of hydrogen-bond acceptors (Lipinski definition) is 4. The fourth-order valence-corrected chi connectivity index (χ4v) is 4.35. The third-order valence-electron chi connectivity index (χ3n) is 5.20. The van der Waals surface area contributed by atoms with Crippen LogP contribution in [0.15, 0.2) is 47.4 Å². The number of rotatable bonds is 19. The number of unbranched alkanes of at least 4 members (excludes halogenated alkanes) is 8. The van der Waals surface area contributed by atoms with E-state index in [9.17, 15) is 4.79 Å². The molecular formula is C27H44O3S. The van der Waals surface area contributed by atoms with E-state index in [1.54, 1.807) is 0 Å². The number of allylic oxidation sites excluding steroid dienone is 1. The lowest BCUT2D eigenvalue weighted by Crippen LogP contribution is -2.28. The molecular weight excluding hydrogens is 404 g/mol. The Morgan fingerprint density at radius 2 is 1.58 bits per heavy atom. The van der Waals surface area contributed by atoms with Crippen molar-refractivity contribution in [2.24, 2.45) is 0 Å². The molecule has 0 N–H and O–H groups in total. The molecule has 0 radical (unpaired) electrons. The standard InChI is InChI=1S/C27H44O3S/c1-4-7-9-11-12-14-17-21-24(20-16-13-10-8-5-2)30-27(26(28)29-6-3)31-25-22-18-15-19-23-25/h14-15,17-19,22-24,27H,4-13,16,20-21H2,1-3H3. The molecule has 4 heteroatoms. The summed E-state index contributed by atoms with van der Waals surface area (Å²) in [6, 6.07) is 9.97. The molecule has 176 valence electrons. The number of hydrogen-bond donors (Lipinski definition) is 0. The number of carbonyl (C=O) groups is 1. The van der Waals surface area contributed by atoms with Crippen molar-refractivity contribution in [3.63, 3.8) is 0 Å². The Hall–Kier alpha value is -1.26. The van der Waals surface area contributed by atoms with Crippen molar-refractivity contribution in [2.45, 2.75) is 114 Å². The Labute approximate surface area is 195 Å². The van der Waals surface area contributed by atoms with Crippen LogP contribution in [0.4, 0.5) is 0 Å². The number of ether oxygens (including phenoxy) is 2. The molecule has 0 saturated carbocycles. The number of esters is 1. The second-order valence-electron chi connectivity index (χ2n) is 8.03. The van der Waals surface area contributed by atoms with Gasteiger partial charge >= 0.3 is 5.97 Å². The van der Waals surface area contributed by atoms with Crippen molar-refractivity contribution < 1.29 is 14.3 Å². The van der Waals surface area contributed by atoms with E-state index in [0.717, 1.165) is 30.6 Å². The lowest BCUT2D eigenvalue weighted by atomic mass is 10.1. The molecule has 0 fully saturated rings. The first-order chi connectivity index (χ1) is 15.2. The van der Waals surface area contributed by atoms with Crippen LogP contribution in [-0.4, -0.2) is 24.1 Å². The van der Waals surface area contributed by atoms with Crippen molar-refractivity contribution >= 4 is 17.7 Å². The summed E-state index contributed by atoms with van der Waals surface area (Å²) < 4.78 is 11.7. The van der Waals surface area contributed by atoms with E-state index < -0.39 is 5.44 Å². The van der Waals surface area contributed by atoms with Gasteiger partial charge in [0, 0.05) is 4.90 Å². The lowest BCUT2D eigenvalue weighted by Gasteiger charge is -2.23. The summed E-state index contributed by atoms with van der Waals surface area (Å²) in [5.41, 5.74) is -0.624. The number of thioether (sulfide) groups is 1. The summed E-state index contributed by atoms with van der Waals surface area (Å²) in [7, 11) is 0. The van der Waals surface area contributed by atoms with Crippen LogP contribution in [0.1, 0.15) is 97.8 Å².